The molecule has 1 aromatic carbocycles. The highest BCUT2D eigenvalue weighted by Gasteiger charge is 2.24. The van der Waals surface area contributed by atoms with Gasteiger partial charge in [-0.05, 0) is 12.1 Å². The number of nitrogens with one attached hydrogen (secondary N) is 2. The lowest BCUT2D eigenvalue weighted by molar-refractivity contribution is -0.124. The summed E-state index contributed by atoms with van der Waals surface area (Å²) >= 11 is 0. The van der Waals surface area contributed by atoms with Crippen molar-refractivity contribution in [2.75, 3.05) is 31.4 Å². The van der Waals surface area contributed by atoms with Crippen molar-refractivity contribution < 1.29 is 14.3 Å². The number of hydrogen-bond acceptors (Lipinski definition) is 4. The van der Waals surface area contributed by atoms with Gasteiger partial charge in [-0.2, -0.15) is 0 Å². The van der Waals surface area contributed by atoms with Crippen LogP contribution in [-0.4, -0.2) is 32.8 Å². The molecule has 86 valence electrons. The van der Waals surface area contributed by atoms with Gasteiger partial charge in [-0.15, -0.1) is 0 Å². The molecule has 16 heavy (non-hydrogen) atoms. The summed E-state index contributed by atoms with van der Waals surface area (Å²) in [5.74, 6) is 0.466. The van der Waals surface area contributed by atoms with Crippen LogP contribution in [0.5, 0.6) is 5.75 Å². The quantitative estimate of drug-likeness (QED) is 0.786. The van der Waals surface area contributed by atoms with Gasteiger partial charge in [0.15, 0.2) is 6.10 Å². The van der Waals surface area contributed by atoms with Crippen LogP contribution in [0.25, 0.3) is 0 Å². The zero-order chi connectivity index (χ0) is 11.5. The maximum absolute atomic E-state index is 11.7. The number of anilines is 2. The van der Waals surface area contributed by atoms with Crippen LogP contribution in [0.2, 0.25) is 0 Å². The van der Waals surface area contributed by atoms with E-state index in [-0.39, 0.29) is 5.91 Å². The van der Waals surface area contributed by atoms with Crippen molar-refractivity contribution >= 4 is 17.3 Å². The number of hydrogen-bond donors (Lipinski definition) is 2. The van der Waals surface area contributed by atoms with Gasteiger partial charge in [0.1, 0.15) is 11.4 Å². The monoisotopic (exact) mass is 222 g/mol. The second-order valence-electron chi connectivity index (χ2n) is 3.48. The Morgan fingerprint density at radius 3 is 2.88 bits per heavy atom. The van der Waals surface area contributed by atoms with Crippen LogP contribution in [0.3, 0.4) is 0 Å². The number of methoxy groups -OCH3 is 2. The van der Waals surface area contributed by atoms with Gasteiger partial charge < -0.3 is 20.1 Å². The van der Waals surface area contributed by atoms with E-state index in [4.69, 9.17) is 9.47 Å². The molecule has 5 heteroatoms. The van der Waals surface area contributed by atoms with Gasteiger partial charge in [0, 0.05) is 7.11 Å². The Hall–Kier alpha value is -1.75. The number of benzene rings is 1. The lowest BCUT2D eigenvalue weighted by Gasteiger charge is -2.11. The molecule has 1 amide bonds. The molecule has 0 aliphatic carbocycles. The van der Waals surface area contributed by atoms with Crippen LogP contribution in [0.4, 0.5) is 11.4 Å². The number of para-hydroxylation sites is 1. The minimum Gasteiger partial charge on any atom is -0.494 e. The molecule has 1 aromatic rings. The Kier molecular flexibility index (Phi) is 2.96. The van der Waals surface area contributed by atoms with Crippen molar-refractivity contribution in [2.24, 2.45) is 0 Å². The van der Waals surface area contributed by atoms with Gasteiger partial charge >= 0.3 is 0 Å². The van der Waals surface area contributed by atoms with Crippen LogP contribution in [0, 0.1) is 0 Å². The topological polar surface area (TPSA) is 59.6 Å². The fourth-order valence-electron chi connectivity index (χ4n) is 1.67. The molecule has 0 bridgehead atoms. The van der Waals surface area contributed by atoms with E-state index in [0.717, 1.165) is 5.69 Å². The summed E-state index contributed by atoms with van der Waals surface area (Å²) in [6, 6.07) is 5.55. The van der Waals surface area contributed by atoms with Crippen LogP contribution in [0.15, 0.2) is 18.2 Å². The zero-order valence-corrected chi connectivity index (χ0v) is 9.24. The van der Waals surface area contributed by atoms with E-state index in [1.807, 2.05) is 12.1 Å². The fraction of sp³-hybridized carbons (Fsp3) is 0.364. The number of carbonyl (C=O) groups excluding carboxylic acids is 1. The van der Waals surface area contributed by atoms with E-state index < -0.39 is 6.10 Å². The summed E-state index contributed by atoms with van der Waals surface area (Å²) in [4.78, 5) is 11.7. The Morgan fingerprint density at radius 2 is 2.19 bits per heavy atom. The van der Waals surface area contributed by atoms with Crippen LogP contribution in [0.1, 0.15) is 0 Å². The minimum absolute atomic E-state index is 0.168. The highest BCUT2D eigenvalue weighted by atomic mass is 16.5. The van der Waals surface area contributed by atoms with Gasteiger partial charge in [0.25, 0.3) is 5.91 Å². The average Bonchev–Trinajstić information content (AvgIpc) is 2.46. The molecule has 1 aliphatic rings. The van der Waals surface area contributed by atoms with Crippen molar-refractivity contribution in [2.45, 2.75) is 6.10 Å². The molecule has 2 rings (SSSR count). The minimum atomic E-state index is -0.489. The van der Waals surface area contributed by atoms with Crippen LogP contribution >= 0.6 is 0 Å². The van der Waals surface area contributed by atoms with Gasteiger partial charge in [0.05, 0.1) is 19.3 Å². The van der Waals surface area contributed by atoms with Crippen molar-refractivity contribution in [3.63, 3.8) is 0 Å². The van der Waals surface area contributed by atoms with Crippen molar-refractivity contribution in [1.29, 1.82) is 0 Å². The maximum Gasteiger partial charge on any atom is 0.255 e. The third kappa shape index (κ3) is 1.81. The first-order valence-electron chi connectivity index (χ1n) is 5.00. The average molecular weight is 222 g/mol. The van der Waals surface area contributed by atoms with E-state index in [1.165, 1.54) is 7.11 Å². The van der Waals surface area contributed by atoms with Crippen molar-refractivity contribution in [3.8, 4) is 5.75 Å². The normalized spacial score (nSPS) is 19.1. The molecule has 2 N–H and O–H groups in total. The van der Waals surface area contributed by atoms with E-state index in [9.17, 15) is 4.79 Å². The number of amides is 1. The molecule has 0 fully saturated rings. The second kappa shape index (κ2) is 4.40. The summed E-state index contributed by atoms with van der Waals surface area (Å²) in [6.45, 7) is 0.447. The predicted molar refractivity (Wildman–Crippen MR) is 60.9 cm³/mol. The third-order valence-corrected chi connectivity index (χ3v) is 2.55. The molecular weight excluding hydrogens is 208 g/mol. The Morgan fingerprint density at radius 1 is 1.38 bits per heavy atom. The largest absolute Gasteiger partial charge is 0.494 e. The molecule has 0 spiro atoms. The van der Waals surface area contributed by atoms with Gasteiger partial charge in [0.2, 0.25) is 0 Å². The molecule has 0 aromatic heterocycles. The molecule has 1 heterocycles. The summed E-state index contributed by atoms with van der Waals surface area (Å²) in [6.07, 6.45) is -0.489. The Balaban J connectivity index is 2.37. The lowest BCUT2D eigenvalue weighted by Crippen LogP contribution is -2.32. The Labute approximate surface area is 93.7 Å². The second-order valence-corrected chi connectivity index (χ2v) is 3.48. The lowest BCUT2D eigenvalue weighted by atomic mass is 10.2. The highest BCUT2D eigenvalue weighted by molar-refractivity contribution is 6.00. The third-order valence-electron chi connectivity index (χ3n) is 2.55. The number of rotatable bonds is 2. The smallest absolute Gasteiger partial charge is 0.255 e. The molecule has 0 saturated heterocycles. The summed E-state index contributed by atoms with van der Waals surface area (Å²) in [5.41, 5.74) is 1.50. The Bertz CT molecular complexity index is 406. The highest BCUT2D eigenvalue weighted by Crippen LogP contribution is 2.33. The van der Waals surface area contributed by atoms with Gasteiger partial charge in [-0.1, -0.05) is 6.07 Å². The SMILES string of the molecule is COc1cccc2c1NC(=O)C(OC)CN2. The standard InChI is InChI=1S/C11H14N2O3/c1-15-8-5-3-4-7-10(8)13-11(14)9(16-2)6-12-7/h3-5,9,12H,6H2,1-2H3,(H,13,14). The number of carbonyl (C=O) groups is 1. The molecule has 1 atom stereocenters. The van der Waals surface area contributed by atoms with Crippen LogP contribution < -0.4 is 15.4 Å². The van der Waals surface area contributed by atoms with E-state index in [0.29, 0.717) is 18.0 Å². The van der Waals surface area contributed by atoms with Crippen molar-refractivity contribution in [1.82, 2.24) is 0 Å². The van der Waals surface area contributed by atoms with Gasteiger partial charge in [-0.3, -0.25) is 4.79 Å². The van der Waals surface area contributed by atoms with E-state index >= 15 is 0 Å². The summed E-state index contributed by atoms with van der Waals surface area (Å²) in [7, 11) is 3.08. The van der Waals surface area contributed by atoms with Crippen LogP contribution in [-0.2, 0) is 9.53 Å². The van der Waals surface area contributed by atoms with Crippen molar-refractivity contribution in [3.05, 3.63) is 18.2 Å². The first kappa shape index (κ1) is 10.8. The summed E-state index contributed by atoms with van der Waals surface area (Å²) in [5, 5.41) is 5.93. The van der Waals surface area contributed by atoms with E-state index in [2.05, 4.69) is 10.6 Å². The molecule has 1 aliphatic heterocycles. The fourth-order valence-corrected chi connectivity index (χ4v) is 1.67. The zero-order valence-electron chi connectivity index (χ0n) is 9.24. The molecule has 1 unspecified atom stereocenters. The van der Waals surface area contributed by atoms with Gasteiger partial charge in [-0.25, -0.2) is 0 Å². The van der Waals surface area contributed by atoms with E-state index in [1.54, 1.807) is 13.2 Å². The number of fused-ring (bicyclic) bond motifs is 1. The molecule has 0 saturated carbocycles. The summed E-state index contributed by atoms with van der Waals surface area (Å²) < 4.78 is 10.3. The number of ether oxygens (including phenoxy) is 2. The first-order chi connectivity index (χ1) is 7.76. The molecule has 0 radical (unpaired) electrons. The molecular formula is C11H14N2O3. The maximum atomic E-state index is 11.7. The predicted octanol–water partition coefficient (Wildman–Crippen LogP) is 1.07. The first-order valence-corrected chi connectivity index (χ1v) is 5.00. The molecule has 5 nitrogen and oxygen atoms in total.